The highest BCUT2D eigenvalue weighted by atomic mass is 79.9. The average Bonchev–Trinajstić information content (AvgIpc) is 2.61. The fourth-order valence-corrected chi connectivity index (χ4v) is 2.39. The first-order valence-corrected chi connectivity index (χ1v) is 6.53. The summed E-state index contributed by atoms with van der Waals surface area (Å²) in [6, 6.07) is 1.93. The summed E-state index contributed by atoms with van der Waals surface area (Å²) < 4.78 is 26.5. The molecule has 0 radical (unpaired) electrons. The Balaban J connectivity index is 2.24. The number of halogens is 3. The van der Waals surface area contributed by atoms with Crippen molar-refractivity contribution in [2.75, 3.05) is 26.2 Å². The Morgan fingerprint density at radius 1 is 1.22 bits per heavy atom. The molecule has 0 bridgehead atoms. The Kier molecular flexibility index (Phi) is 4.29. The Bertz CT molecular complexity index is 460. The summed E-state index contributed by atoms with van der Waals surface area (Å²) in [7, 11) is 0. The first-order valence-electron chi connectivity index (χ1n) is 5.74. The molecule has 0 unspecified atom stereocenters. The van der Waals surface area contributed by atoms with Gasteiger partial charge in [-0.3, -0.25) is 4.79 Å². The molecule has 1 saturated heterocycles. The third-order valence-corrected chi connectivity index (χ3v) is 3.52. The lowest BCUT2D eigenvalue weighted by Gasteiger charge is -2.20. The van der Waals surface area contributed by atoms with Crippen molar-refractivity contribution >= 4 is 21.8 Å². The van der Waals surface area contributed by atoms with Crippen LogP contribution in [0.1, 0.15) is 16.8 Å². The molecule has 0 atom stereocenters. The van der Waals surface area contributed by atoms with Crippen molar-refractivity contribution in [1.82, 2.24) is 10.2 Å². The fraction of sp³-hybridized carbons (Fsp3) is 0.417. The van der Waals surface area contributed by atoms with Gasteiger partial charge in [-0.15, -0.1) is 0 Å². The van der Waals surface area contributed by atoms with Gasteiger partial charge in [-0.05, 0) is 41.0 Å². The van der Waals surface area contributed by atoms with Crippen LogP contribution in [-0.2, 0) is 0 Å². The fourth-order valence-electron chi connectivity index (χ4n) is 1.91. The van der Waals surface area contributed by atoms with Gasteiger partial charge in [0.05, 0.1) is 5.56 Å². The Morgan fingerprint density at radius 3 is 2.72 bits per heavy atom. The molecule has 1 aliphatic rings. The van der Waals surface area contributed by atoms with E-state index in [4.69, 9.17) is 0 Å². The van der Waals surface area contributed by atoms with Crippen LogP contribution in [0, 0.1) is 11.6 Å². The highest BCUT2D eigenvalue weighted by Crippen LogP contribution is 2.22. The normalized spacial score (nSPS) is 16.5. The molecule has 0 saturated carbocycles. The largest absolute Gasteiger partial charge is 0.337 e. The van der Waals surface area contributed by atoms with Gasteiger partial charge in [0.25, 0.3) is 5.91 Å². The van der Waals surface area contributed by atoms with Crippen LogP contribution in [-0.4, -0.2) is 37.0 Å². The van der Waals surface area contributed by atoms with Crippen LogP contribution in [0.25, 0.3) is 0 Å². The van der Waals surface area contributed by atoms with Crippen molar-refractivity contribution in [3.8, 4) is 0 Å². The summed E-state index contributed by atoms with van der Waals surface area (Å²) in [6.07, 6.45) is 0.854. The van der Waals surface area contributed by atoms with Crippen LogP contribution in [0.5, 0.6) is 0 Å². The van der Waals surface area contributed by atoms with Crippen LogP contribution in [0.3, 0.4) is 0 Å². The predicted octanol–water partition coefficient (Wildman–Crippen LogP) is 2.16. The molecule has 18 heavy (non-hydrogen) atoms. The van der Waals surface area contributed by atoms with E-state index in [-0.39, 0.29) is 15.9 Å². The van der Waals surface area contributed by atoms with Gasteiger partial charge in [0.2, 0.25) is 0 Å². The Labute approximate surface area is 112 Å². The van der Waals surface area contributed by atoms with E-state index in [9.17, 15) is 13.6 Å². The Hall–Kier alpha value is -1.01. The third-order valence-electron chi connectivity index (χ3n) is 2.87. The van der Waals surface area contributed by atoms with Crippen LogP contribution in [0.15, 0.2) is 16.6 Å². The number of nitrogens with zero attached hydrogens (tertiary/aromatic N) is 1. The molecule has 3 nitrogen and oxygen atoms in total. The van der Waals surface area contributed by atoms with Crippen molar-refractivity contribution in [2.45, 2.75) is 6.42 Å². The number of benzene rings is 1. The minimum Gasteiger partial charge on any atom is -0.337 e. The zero-order valence-electron chi connectivity index (χ0n) is 9.68. The van der Waals surface area contributed by atoms with Crippen molar-refractivity contribution in [2.24, 2.45) is 0 Å². The van der Waals surface area contributed by atoms with E-state index in [1.807, 2.05) is 0 Å². The molecule has 2 rings (SSSR count). The van der Waals surface area contributed by atoms with Gasteiger partial charge in [-0.25, -0.2) is 8.78 Å². The molecule has 0 aromatic heterocycles. The molecular formula is C12H13BrF2N2O. The lowest BCUT2D eigenvalue weighted by Crippen LogP contribution is -2.34. The van der Waals surface area contributed by atoms with E-state index >= 15 is 0 Å². The van der Waals surface area contributed by atoms with Crippen LogP contribution in [0.2, 0.25) is 0 Å². The van der Waals surface area contributed by atoms with Crippen molar-refractivity contribution in [3.63, 3.8) is 0 Å². The summed E-state index contributed by atoms with van der Waals surface area (Å²) in [6.45, 7) is 2.78. The molecule has 1 aromatic rings. The first kappa shape index (κ1) is 13.4. The summed E-state index contributed by atoms with van der Waals surface area (Å²) in [5, 5.41) is 3.18. The quantitative estimate of drug-likeness (QED) is 0.805. The zero-order chi connectivity index (χ0) is 13.1. The smallest absolute Gasteiger partial charge is 0.255 e. The third kappa shape index (κ3) is 2.87. The molecule has 0 aliphatic carbocycles. The van der Waals surface area contributed by atoms with Crippen molar-refractivity contribution < 1.29 is 13.6 Å². The minimum atomic E-state index is -1.01. The number of carbonyl (C=O) groups excluding carboxylic acids is 1. The van der Waals surface area contributed by atoms with E-state index < -0.39 is 11.6 Å². The summed E-state index contributed by atoms with van der Waals surface area (Å²) in [5.41, 5.74) is 0.163. The maximum atomic E-state index is 13.2. The average molecular weight is 319 g/mol. The van der Waals surface area contributed by atoms with E-state index in [0.29, 0.717) is 19.6 Å². The van der Waals surface area contributed by atoms with Gasteiger partial charge in [0.1, 0.15) is 0 Å². The Morgan fingerprint density at radius 2 is 1.94 bits per heavy atom. The topological polar surface area (TPSA) is 32.3 Å². The number of amides is 1. The van der Waals surface area contributed by atoms with Gasteiger partial charge in [-0.2, -0.15) is 0 Å². The van der Waals surface area contributed by atoms with E-state index in [1.165, 1.54) is 0 Å². The molecule has 1 amide bonds. The number of rotatable bonds is 1. The zero-order valence-corrected chi connectivity index (χ0v) is 11.3. The molecule has 1 N–H and O–H groups in total. The second-order valence-corrected chi connectivity index (χ2v) is 5.00. The summed E-state index contributed by atoms with van der Waals surface area (Å²) in [4.78, 5) is 13.9. The van der Waals surface area contributed by atoms with Crippen LogP contribution in [0.4, 0.5) is 8.78 Å². The highest BCUT2D eigenvalue weighted by molar-refractivity contribution is 9.10. The van der Waals surface area contributed by atoms with Gasteiger partial charge >= 0.3 is 0 Å². The molecule has 6 heteroatoms. The van der Waals surface area contributed by atoms with Gasteiger partial charge in [-0.1, -0.05) is 0 Å². The molecule has 1 heterocycles. The second kappa shape index (κ2) is 5.75. The van der Waals surface area contributed by atoms with Crippen LogP contribution >= 0.6 is 15.9 Å². The lowest BCUT2D eigenvalue weighted by atomic mass is 10.2. The first-order chi connectivity index (χ1) is 8.59. The summed E-state index contributed by atoms with van der Waals surface area (Å²) in [5.74, 6) is -2.24. The highest BCUT2D eigenvalue weighted by Gasteiger charge is 2.21. The molecule has 0 spiro atoms. The second-order valence-electron chi connectivity index (χ2n) is 4.14. The SMILES string of the molecule is O=C(c1cc(F)c(F)cc1Br)N1CCCNCC1. The number of hydrogen-bond acceptors (Lipinski definition) is 2. The predicted molar refractivity (Wildman–Crippen MR) is 67.4 cm³/mol. The van der Waals surface area contributed by atoms with Gasteiger partial charge < -0.3 is 10.2 Å². The minimum absolute atomic E-state index is 0.163. The van der Waals surface area contributed by atoms with E-state index in [0.717, 1.165) is 25.1 Å². The molecule has 98 valence electrons. The number of carbonyl (C=O) groups is 1. The number of nitrogens with one attached hydrogen (secondary N) is 1. The van der Waals surface area contributed by atoms with Gasteiger partial charge in [0.15, 0.2) is 11.6 Å². The molecule has 1 aromatic carbocycles. The maximum absolute atomic E-state index is 13.2. The summed E-state index contributed by atoms with van der Waals surface area (Å²) >= 11 is 3.10. The molecular weight excluding hydrogens is 306 g/mol. The lowest BCUT2D eigenvalue weighted by molar-refractivity contribution is 0.0765. The van der Waals surface area contributed by atoms with Crippen LogP contribution < -0.4 is 5.32 Å². The van der Waals surface area contributed by atoms with Crippen molar-refractivity contribution in [1.29, 1.82) is 0 Å². The maximum Gasteiger partial charge on any atom is 0.255 e. The number of hydrogen-bond donors (Lipinski definition) is 1. The standard InChI is InChI=1S/C12H13BrF2N2O/c13-9-7-11(15)10(14)6-8(9)12(18)17-4-1-2-16-3-5-17/h6-7,16H,1-5H2. The van der Waals surface area contributed by atoms with Gasteiger partial charge in [0, 0.05) is 24.1 Å². The van der Waals surface area contributed by atoms with E-state index in [2.05, 4.69) is 21.2 Å². The van der Waals surface area contributed by atoms with Crippen molar-refractivity contribution in [3.05, 3.63) is 33.8 Å². The van der Waals surface area contributed by atoms with E-state index in [1.54, 1.807) is 4.90 Å². The monoisotopic (exact) mass is 318 g/mol. The molecule has 1 aliphatic heterocycles. The molecule has 1 fully saturated rings.